The van der Waals surface area contributed by atoms with Gasteiger partial charge in [-0.15, -0.1) is 0 Å². The van der Waals surface area contributed by atoms with E-state index in [1.807, 2.05) is 32.0 Å². The van der Waals surface area contributed by atoms with Crippen LogP contribution in [0.1, 0.15) is 11.4 Å². The SMILES string of the molecule is Cc1nc(Cl)c(Oc2ccc(Br)cc2Br)nc1C. The van der Waals surface area contributed by atoms with Crippen molar-refractivity contribution in [1.82, 2.24) is 9.97 Å². The summed E-state index contributed by atoms with van der Waals surface area (Å²) in [5.41, 5.74) is 1.59. The highest BCUT2D eigenvalue weighted by Crippen LogP contribution is 2.33. The lowest BCUT2D eigenvalue weighted by Gasteiger charge is -2.09. The maximum Gasteiger partial charge on any atom is 0.257 e. The normalized spacial score (nSPS) is 10.5. The van der Waals surface area contributed by atoms with Gasteiger partial charge in [-0.05, 0) is 48.0 Å². The monoisotopic (exact) mass is 390 g/mol. The maximum absolute atomic E-state index is 6.01. The van der Waals surface area contributed by atoms with Crippen LogP contribution >= 0.6 is 43.5 Å². The summed E-state index contributed by atoms with van der Waals surface area (Å²) in [5.74, 6) is 0.945. The highest BCUT2D eigenvalue weighted by atomic mass is 79.9. The van der Waals surface area contributed by atoms with E-state index in [4.69, 9.17) is 16.3 Å². The Morgan fingerprint density at radius 3 is 2.44 bits per heavy atom. The molecule has 0 radical (unpaired) electrons. The zero-order chi connectivity index (χ0) is 13.3. The molecule has 0 spiro atoms. The van der Waals surface area contributed by atoms with Gasteiger partial charge in [0.25, 0.3) is 5.88 Å². The Kier molecular flexibility index (Phi) is 4.25. The zero-order valence-electron chi connectivity index (χ0n) is 9.67. The second-order valence-electron chi connectivity index (χ2n) is 3.67. The van der Waals surface area contributed by atoms with E-state index in [2.05, 4.69) is 41.8 Å². The molecule has 2 aromatic rings. The molecule has 3 nitrogen and oxygen atoms in total. The first-order valence-electron chi connectivity index (χ1n) is 5.11. The number of halogens is 3. The smallest absolute Gasteiger partial charge is 0.257 e. The molecule has 0 saturated heterocycles. The summed E-state index contributed by atoms with van der Waals surface area (Å²) < 4.78 is 7.43. The van der Waals surface area contributed by atoms with Crippen molar-refractivity contribution in [2.24, 2.45) is 0 Å². The zero-order valence-corrected chi connectivity index (χ0v) is 13.6. The molecule has 0 aliphatic rings. The number of nitrogens with zero attached hydrogens (tertiary/aromatic N) is 2. The highest BCUT2D eigenvalue weighted by Gasteiger charge is 2.11. The molecule has 1 heterocycles. The van der Waals surface area contributed by atoms with Crippen LogP contribution in [-0.2, 0) is 0 Å². The summed E-state index contributed by atoms with van der Waals surface area (Å²) in [4.78, 5) is 8.45. The van der Waals surface area contributed by atoms with Crippen molar-refractivity contribution in [3.05, 3.63) is 43.7 Å². The van der Waals surface area contributed by atoms with E-state index in [1.54, 1.807) is 0 Å². The quantitative estimate of drug-likeness (QED) is 0.716. The molecular weight excluding hydrogens is 383 g/mol. The Labute approximate surface area is 127 Å². The van der Waals surface area contributed by atoms with Gasteiger partial charge in [-0.2, -0.15) is 0 Å². The molecule has 0 N–H and O–H groups in total. The number of ether oxygens (including phenoxy) is 1. The molecule has 18 heavy (non-hydrogen) atoms. The van der Waals surface area contributed by atoms with E-state index in [9.17, 15) is 0 Å². The van der Waals surface area contributed by atoms with Crippen molar-refractivity contribution in [2.45, 2.75) is 13.8 Å². The van der Waals surface area contributed by atoms with E-state index < -0.39 is 0 Å². The fourth-order valence-corrected chi connectivity index (χ4v) is 2.62. The van der Waals surface area contributed by atoms with Crippen molar-refractivity contribution in [2.75, 3.05) is 0 Å². The van der Waals surface area contributed by atoms with Gasteiger partial charge in [0.2, 0.25) is 0 Å². The van der Waals surface area contributed by atoms with Crippen LogP contribution in [0, 0.1) is 13.8 Å². The number of rotatable bonds is 2. The van der Waals surface area contributed by atoms with Crippen LogP contribution in [0.25, 0.3) is 0 Å². The van der Waals surface area contributed by atoms with Crippen LogP contribution in [0.5, 0.6) is 11.6 Å². The number of benzene rings is 1. The number of hydrogen-bond donors (Lipinski definition) is 0. The largest absolute Gasteiger partial charge is 0.435 e. The Morgan fingerprint density at radius 1 is 1.11 bits per heavy atom. The molecule has 0 aliphatic carbocycles. The third kappa shape index (κ3) is 3.02. The molecule has 0 aliphatic heterocycles. The van der Waals surface area contributed by atoms with Crippen LogP contribution < -0.4 is 4.74 Å². The van der Waals surface area contributed by atoms with E-state index in [1.165, 1.54) is 0 Å². The van der Waals surface area contributed by atoms with Crippen LogP contribution in [0.3, 0.4) is 0 Å². The third-order valence-electron chi connectivity index (χ3n) is 2.34. The van der Waals surface area contributed by atoms with Gasteiger partial charge in [0.05, 0.1) is 15.9 Å². The summed E-state index contributed by atoms with van der Waals surface area (Å²) in [6, 6.07) is 5.58. The number of hydrogen-bond acceptors (Lipinski definition) is 3. The third-order valence-corrected chi connectivity index (χ3v) is 3.69. The molecule has 0 saturated carbocycles. The van der Waals surface area contributed by atoms with Crippen LogP contribution in [0.2, 0.25) is 5.15 Å². The van der Waals surface area contributed by atoms with Gasteiger partial charge in [0, 0.05) is 4.47 Å². The summed E-state index contributed by atoms with van der Waals surface area (Å²) in [7, 11) is 0. The van der Waals surface area contributed by atoms with Gasteiger partial charge in [-0.25, -0.2) is 9.97 Å². The van der Waals surface area contributed by atoms with E-state index in [0.29, 0.717) is 11.6 Å². The molecule has 0 atom stereocenters. The Bertz CT molecular complexity index is 605. The minimum Gasteiger partial charge on any atom is -0.435 e. The van der Waals surface area contributed by atoms with Gasteiger partial charge < -0.3 is 4.74 Å². The van der Waals surface area contributed by atoms with Crippen molar-refractivity contribution < 1.29 is 4.74 Å². The van der Waals surface area contributed by atoms with Crippen molar-refractivity contribution in [3.63, 3.8) is 0 Å². The van der Waals surface area contributed by atoms with Gasteiger partial charge in [0.15, 0.2) is 5.15 Å². The van der Waals surface area contributed by atoms with Crippen molar-refractivity contribution in [3.8, 4) is 11.6 Å². The summed E-state index contributed by atoms with van der Waals surface area (Å²) in [6.07, 6.45) is 0. The maximum atomic E-state index is 6.01. The topological polar surface area (TPSA) is 35.0 Å². The average molecular weight is 392 g/mol. The van der Waals surface area contributed by atoms with Crippen LogP contribution in [-0.4, -0.2) is 9.97 Å². The Balaban J connectivity index is 2.37. The lowest BCUT2D eigenvalue weighted by molar-refractivity contribution is 0.455. The van der Waals surface area contributed by atoms with Crippen LogP contribution in [0.15, 0.2) is 27.1 Å². The molecular formula is C12H9Br2ClN2O. The summed E-state index contributed by atoms with van der Waals surface area (Å²) in [6.45, 7) is 3.72. The first-order chi connectivity index (χ1) is 8.47. The van der Waals surface area contributed by atoms with Crippen molar-refractivity contribution >= 4 is 43.5 Å². The molecule has 94 valence electrons. The standard InChI is InChI=1S/C12H9Br2ClN2O/c1-6-7(2)17-12(11(15)16-6)18-10-4-3-8(13)5-9(10)14/h3-5H,1-2H3. The second-order valence-corrected chi connectivity index (χ2v) is 5.80. The minimum atomic E-state index is 0.257. The molecule has 1 aromatic heterocycles. The van der Waals surface area contributed by atoms with Gasteiger partial charge in [-0.3, -0.25) is 0 Å². The fourth-order valence-electron chi connectivity index (χ4n) is 1.28. The molecule has 0 bridgehead atoms. The summed E-state index contributed by atoms with van der Waals surface area (Å²) in [5, 5.41) is 0.257. The predicted molar refractivity (Wildman–Crippen MR) is 78.4 cm³/mol. The van der Waals surface area contributed by atoms with E-state index in [0.717, 1.165) is 20.3 Å². The molecule has 1 aromatic carbocycles. The highest BCUT2D eigenvalue weighted by molar-refractivity contribution is 9.11. The first kappa shape index (κ1) is 13.8. The molecule has 2 rings (SSSR count). The van der Waals surface area contributed by atoms with Gasteiger partial charge >= 0.3 is 0 Å². The average Bonchev–Trinajstić information content (AvgIpc) is 2.29. The second kappa shape index (κ2) is 5.55. The van der Waals surface area contributed by atoms with E-state index in [-0.39, 0.29) is 5.15 Å². The Hall–Kier alpha value is -0.650. The molecule has 0 amide bonds. The van der Waals surface area contributed by atoms with Crippen LogP contribution in [0.4, 0.5) is 0 Å². The minimum absolute atomic E-state index is 0.257. The molecule has 0 fully saturated rings. The van der Waals surface area contributed by atoms with Gasteiger partial charge in [0.1, 0.15) is 5.75 Å². The fraction of sp³-hybridized carbons (Fsp3) is 0.167. The number of aryl methyl sites for hydroxylation is 2. The Morgan fingerprint density at radius 2 is 1.78 bits per heavy atom. The first-order valence-corrected chi connectivity index (χ1v) is 7.07. The predicted octanol–water partition coefficient (Wildman–Crippen LogP) is 5.06. The summed E-state index contributed by atoms with van der Waals surface area (Å²) >= 11 is 12.8. The van der Waals surface area contributed by atoms with E-state index >= 15 is 0 Å². The lowest BCUT2D eigenvalue weighted by Crippen LogP contribution is -1.97. The lowest BCUT2D eigenvalue weighted by atomic mass is 10.3. The molecule has 6 heteroatoms. The molecule has 0 unspecified atom stereocenters. The van der Waals surface area contributed by atoms with Gasteiger partial charge in [-0.1, -0.05) is 27.5 Å². The number of aromatic nitrogens is 2. The van der Waals surface area contributed by atoms with Crippen molar-refractivity contribution in [1.29, 1.82) is 0 Å².